The third kappa shape index (κ3) is 5.67. The van der Waals surface area contributed by atoms with Crippen LogP contribution in [0.5, 0.6) is 0 Å². The second-order valence-corrected chi connectivity index (χ2v) is 5.11. The molecule has 0 amide bonds. The Hall–Kier alpha value is -1.57. The van der Waals surface area contributed by atoms with Crippen molar-refractivity contribution in [2.45, 2.75) is 33.4 Å². The first-order valence-corrected chi connectivity index (χ1v) is 7.33. The van der Waals surface area contributed by atoms with E-state index in [-0.39, 0.29) is 24.0 Å². The molecule has 2 aromatic rings. The zero-order chi connectivity index (χ0) is 15.1. The van der Waals surface area contributed by atoms with Crippen LogP contribution < -0.4 is 10.6 Å². The molecule has 120 valence electrons. The first-order chi connectivity index (χ1) is 10.2. The highest BCUT2D eigenvalue weighted by Gasteiger charge is 2.00. The van der Waals surface area contributed by atoms with E-state index in [4.69, 9.17) is 0 Å². The number of nitrogens with one attached hydrogen (secondary N) is 2. The number of aliphatic imine (C=N–C) groups is 1. The Balaban J connectivity index is 0.00000242. The molecule has 0 saturated heterocycles. The SMILES string of the molecule is CCNC(=NCc1ccc(-n2cccn2)cc1)NC(C)C.I. The minimum Gasteiger partial charge on any atom is -0.357 e. The fraction of sp³-hybridized carbons (Fsp3) is 0.375. The number of benzene rings is 1. The number of rotatable bonds is 5. The summed E-state index contributed by atoms with van der Waals surface area (Å²) in [5.74, 6) is 0.851. The molecule has 0 radical (unpaired) electrons. The summed E-state index contributed by atoms with van der Waals surface area (Å²) in [5.41, 5.74) is 2.23. The van der Waals surface area contributed by atoms with Crippen molar-refractivity contribution in [2.75, 3.05) is 6.54 Å². The van der Waals surface area contributed by atoms with E-state index >= 15 is 0 Å². The summed E-state index contributed by atoms with van der Waals surface area (Å²) in [6.07, 6.45) is 3.71. The molecule has 22 heavy (non-hydrogen) atoms. The highest BCUT2D eigenvalue weighted by Crippen LogP contribution is 2.09. The van der Waals surface area contributed by atoms with Gasteiger partial charge in [0, 0.05) is 25.0 Å². The van der Waals surface area contributed by atoms with E-state index in [0.29, 0.717) is 12.6 Å². The van der Waals surface area contributed by atoms with Crippen LogP contribution in [0.15, 0.2) is 47.7 Å². The molecule has 2 N–H and O–H groups in total. The summed E-state index contributed by atoms with van der Waals surface area (Å²) in [6.45, 7) is 7.78. The van der Waals surface area contributed by atoms with Gasteiger partial charge in [-0.1, -0.05) is 12.1 Å². The van der Waals surface area contributed by atoms with E-state index in [1.807, 2.05) is 16.9 Å². The zero-order valence-electron chi connectivity index (χ0n) is 13.3. The van der Waals surface area contributed by atoms with Crippen molar-refractivity contribution in [3.63, 3.8) is 0 Å². The summed E-state index contributed by atoms with van der Waals surface area (Å²) in [4.78, 5) is 4.59. The monoisotopic (exact) mass is 413 g/mol. The van der Waals surface area contributed by atoms with Gasteiger partial charge in [0.2, 0.25) is 0 Å². The highest BCUT2D eigenvalue weighted by molar-refractivity contribution is 14.0. The third-order valence-corrected chi connectivity index (χ3v) is 2.89. The lowest BCUT2D eigenvalue weighted by Crippen LogP contribution is -2.40. The van der Waals surface area contributed by atoms with Gasteiger partial charge in [0.25, 0.3) is 0 Å². The normalized spacial score (nSPS) is 11.2. The fourth-order valence-electron chi connectivity index (χ4n) is 1.94. The van der Waals surface area contributed by atoms with Gasteiger partial charge < -0.3 is 10.6 Å². The largest absolute Gasteiger partial charge is 0.357 e. The van der Waals surface area contributed by atoms with Crippen LogP contribution in [0.4, 0.5) is 0 Å². The Labute approximate surface area is 149 Å². The molecule has 0 unspecified atom stereocenters. The number of hydrogen-bond acceptors (Lipinski definition) is 2. The molecule has 0 spiro atoms. The van der Waals surface area contributed by atoms with E-state index in [2.05, 4.69) is 65.8 Å². The van der Waals surface area contributed by atoms with Crippen molar-refractivity contribution in [3.8, 4) is 5.69 Å². The Morgan fingerprint density at radius 2 is 2.00 bits per heavy atom. The smallest absolute Gasteiger partial charge is 0.191 e. The van der Waals surface area contributed by atoms with Crippen LogP contribution in [0.25, 0.3) is 5.69 Å². The standard InChI is InChI=1S/C16H23N5.HI/c1-4-17-16(20-13(2)3)18-12-14-6-8-15(9-7-14)21-11-5-10-19-21;/h5-11,13H,4,12H2,1-3H3,(H2,17,18,20);1H. The van der Waals surface area contributed by atoms with Crippen molar-refractivity contribution in [1.82, 2.24) is 20.4 Å². The van der Waals surface area contributed by atoms with Crippen LogP contribution >= 0.6 is 24.0 Å². The molecular weight excluding hydrogens is 389 g/mol. The number of nitrogens with zero attached hydrogens (tertiary/aromatic N) is 3. The lowest BCUT2D eigenvalue weighted by atomic mass is 10.2. The van der Waals surface area contributed by atoms with Crippen molar-refractivity contribution >= 4 is 29.9 Å². The van der Waals surface area contributed by atoms with Crippen molar-refractivity contribution in [3.05, 3.63) is 48.3 Å². The van der Waals surface area contributed by atoms with Crippen LogP contribution in [0.3, 0.4) is 0 Å². The predicted octanol–water partition coefficient (Wildman–Crippen LogP) is 2.95. The zero-order valence-corrected chi connectivity index (χ0v) is 15.6. The lowest BCUT2D eigenvalue weighted by Gasteiger charge is -2.14. The molecule has 6 heteroatoms. The Bertz CT molecular complexity index is 561. The molecule has 0 fully saturated rings. The molecular formula is C16H24IN5. The molecule has 0 aliphatic heterocycles. The second-order valence-electron chi connectivity index (χ2n) is 5.11. The van der Waals surface area contributed by atoms with Crippen LogP contribution in [0.1, 0.15) is 26.3 Å². The molecule has 0 bridgehead atoms. The van der Waals surface area contributed by atoms with Gasteiger partial charge >= 0.3 is 0 Å². The summed E-state index contributed by atoms with van der Waals surface area (Å²) in [5, 5.41) is 10.8. The first kappa shape index (κ1) is 18.5. The van der Waals surface area contributed by atoms with Crippen LogP contribution in [0, 0.1) is 0 Å². The maximum atomic E-state index is 4.59. The fourth-order valence-corrected chi connectivity index (χ4v) is 1.94. The average Bonchev–Trinajstić information content (AvgIpc) is 2.99. The Kier molecular flexibility index (Phi) is 7.94. The van der Waals surface area contributed by atoms with Gasteiger partial charge in [0.1, 0.15) is 0 Å². The van der Waals surface area contributed by atoms with Gasteiger partial charge in [-0.3, -0.25) is 0 Å². The lowest BCUT2D eigenvalue weighted by molar-refractivity contribution is 0.700. The molecule has 0 atom stereocenters. The van der Waals surface area contributed by atoms with E-state index in [1.54, 1.807) is 6.20 Å². The maximum Gasteiger partial charge on any atom is 0.191 e. The summed E-state index contributed by atoms with van der Waals surface area (Å²) < 4.78 is 1.84. The summed E-state index contributed by atoms with van der Waals surface area (Å²) >= 11 is 0. The minimum absolute atomic E-state index is 0. The summed E-state index contributed by atoms with van der Waals surface area (Å²) in [7, 11) is 0. The van der Waals surface area contributed by atoms with Crippen molar-refractivity contribution in [2.24, 2.45) is 4.99 Å². The van der Waals surface area contributed by atoms with E-state index in [1.165, 1.54) is 5.56 Å². The average molecular weight is 413 g/mol. The molecule has 0 aliphatic rings. The number of hydrogen-bond donors (Lipinski definition) is 2. The number of guanidine groups is 1. The minimum atomic E-state index is 0. The Morgan fingerprint density at radius 3 is 2.55 bits per heavy atom. The molecule has 5 nitrogen and oxygen atoms in total. The number of aromatic nitrogens is 2. The molecule has 2 rings (SSSR count). The molecule has 1 aromatic heterocycles. The first-order valence-electron chi connectivity index (χ1n) is 7.33. The highest BCUT2D eigenvalue weighted by atomic mass is 127. The molecule has 0 saturated carbocycles. The Morgan fingerprint density at radius 1 is 1.27 bits per heavy atom. The summed E-state index contributed by atoms with van der Waals surface area (Å²) in [6, 6.07) is 10.6. The van der Waals surface area contributed by atoms with Gasteiger partial charge in [0.15, 0.2) is 5.96 Å². The second kappa shape index (κ2) is 9.45. The van der Waals surface area contributed by atoms with E-state index < -0.39 is 0 Å². The van der Waals surface area contributed by atoms with Gasteiger partial charge in [-0.25, -0.2) is 9.67 Å². The van der Waals surface area contributed by atoms with Gasteiger partial charge in [-0.15, -0.1) is 24.0 Å². The molecule has 1 heterocycles. The quantitative estimate of drug-likeness (QED) is 0.450. The van der Waals surface area contributed by atoms with E-state index in [9.17, 15) is 0 Å². The van der Waals surface area contributed by atoms with Crippen LogP contribution in [-0.2, 0) is 6.54 Å². The van der Waals surface area contributed by atoms with Crippen molar-refractivity contribution < 1.29 is 0 Å². The van der Waals surface area contributed by atoms with Gasteiger partial charge in [-0.2, -0.15) is 5.10 Å². The van der Waals surface area contributed by atoms with Gasteiger partial charge in [-0.05, 0) is 44.5 Å². The predicted molar refractivity (Wildman–Crippen MR) is 102 cm³/mol. The van der Waals surface area contributed by atoms with Crippen LogP contribution in [-0.4, -0.2) is 28.3 Å². The maximum absolute atomic E-state index is 4.59. The van der Waals surface area contributed by atoms with E-state index in [0.717, 1.165) is 18.2 Å². The third-order valence-electron chi connectivity index (χ3n) is 2.89. The molecule has 0 aliphatic carbocycles. The molecule has 1 aromatic carbocycles. The number of halogens is 1. The van der Waals surface area contributed by atoms with Crippen molar-refractivity contribution in [1.29, 1.82) is 0 Å². The van der Waals surface area contributed by atoms with Gasteiger partial charge in [0.05, 0.1) is 12.2 Å². The topological polar surface area (TPSA) is 54.2 Å². The van der Waals surface area contributed by atoms with Crippen LogP contribution in [0.2, 0.25) is 0 Å².